The maximum atomic E-state index is 12.1. The van der Waals surface area contributed by atoms with Crippen molar-refractivity contribution in [2.24, 2.45) is 0 Å². The first-order chi connectivity index (χ1) is 10.2. The molecule has 21 heavy (non-hydrogen) atoms. The summed E-state index contributed by atoms with van der Waals surface area (Å²) in [5.41, 5.74) is 0.193. The molecule has 114 valence electrons. The molecule has 1 N–H and O–H groups in total. The highest BCUT2D eigenvalue weighted by molar-refractivity contribution is 5.94. The highest BCUT2D eigenvalue weighted by Crippen LogP contribution is 2.23. The molecule has 1 saturated heterocycles. The Kier molecular flexibility index (Phi) is 5.68. The van der Waals surface area contributed by atoms with Crippen LogP contribution in [0.1, 0.15) is 32.1 Å². The topological polar surface area (TPSA) is 75.5 Å². The second kappa shape index (κ2) is 7.73. The predicted molar refractivity (Wildman–Crippen MR) is 81.3 cm³/mol. The van der Waals surface area contributed by atoms with E-state index in [0.29, 0.717) is 6.54 Å². The van der Waals surface area contributed by atoms with Crippen molar-refractivity contribution >= 4 is 17.3 Å². The zero-order valence-corrected chi connectivity index (χ0v) is 12.1. The SMILES string of the molecule is O=C(CN1CCCCCCC1)Nc1ccccc1[N+](=O)[O-]. The Morgan fingerprint density at radius 1 is 1.14 bits per heavy atom. The first-order valence-corrected chi connectivity index (χ1v) is 7.42. The fourth-order valence-corrected chi connectivity index (χ4v) is 2.60. The predicted octanol–water partition coefficient (Wildman–Crippen LogP) is 2.80. The number of likely N-dealkylation sites (tertiary alicyclic amines) is 1. The summed E-state index contributed by atoms with van der Waals surface area (Å²) in [5.74, 6) is -0.190. The summed E-state index contributed by atoms with van der Waals surface area (Å²) in [6.07, 6.45) is 5.92. The molecular weight excluding hydrogens is 270 g/mol. The molecule has 0 bridgehead atoms. The fourth-order valence-electron chi connectivity index (χ4n) is 2.60. The van der Waals surface area contributed by atoms with Crippen LogP contribution in [-0.4, -0.2) is 35.4 Å². The lowest BCUT2D eigenvalue weighted by Gasteiger charge is -2.23. The molecule has 2 rings (SSSR count). The monoisotopic (exact) mass is 291 g/mol. The summed E-state index contributed by atoms with van der Waals surface area (Å²) < 4.78 is 0. The molecule has 6 heteroatoms. The number of hydrogen-bond acceptors (Lipinski definition) is 4. The molecule has 0 saturated carbocycles. The van der Waals surface area contributed by atoms with Crippen molar-refractivity contribution in [1.82, 2.24) is 4.90 Å². The lowest BCUT2D eigenvalue weighted by atomic mass is 10.1. The normalized spacial score (nSPS) is 16.8. The van der Waals surface area contributed by atoms with E-state index in [0.717, 1.165) is 25.9 Å². The minimum absolute atomic E-state index is 0.0708. The lowest BCUT2D eigenvalue weighted by molar-refractivity contribution is -0.383. The molecule has 0 spiro atoms. The van der Waals surface area contributed by atoms with Crippen LogP contribution < -0.4 is 5.32 Å². The molecule has 0 atom stereocenters. The number of anilines is 1. The molecule has 1 aromatic carbocycles. The van der Waals surface area contributed by atoms with Crippen molar-refractivity contribution in [2.75, 3.05) is 25.0 Å². The van der Waals surface area contributed by atoms with Crippen LogP contribution in [0.5, 0.6) is 0 Å². The summed E-state index contributed by atoms with van der Waals surface area (Å²) in [7, 11) is 0. The molecule has 1 aliphatic heterocycles. The molecule has 1 fully saturated rings. The lowest BCUT2D eigenvalue weighted by Crippen LogP contribution is -2.35. The number of hydrogen-bond donors (Lipinski definition) is 1. The van der Waals surface area contributed by atoms with Crippen LogP contribution in [0.4, 0.5) is 11.4 Å². The van der Waals surface area contributed by atoms with Crippen molar-refractivity contribution in [3.63, 3.8) is 0 Å². The van der Waals surface area contributed by atoms with Gasteiger partial charge in [0.15, 0.2) is 0 Å². The number of benzene rings is 1. The third-order valence-corrected chi connectivity index (χ3v) is 3.69. The third kappa shape index (κ3) is 4.82. The van der Waals surface area contributed by atoms with Gasteiger partial charge >= 0.3 is 0 Å². The molecule has 0 aromatic heterocycles. The van der Waals surface area contributed by atoms with Gasteiger partial charge in [0, 0.05) is 6.07 Å². The molecule has 0 radical (unpaired) electrons. The maximum Gasteiger partial charge on any atom is 0.292 e. The van der Waals surface area contributed by atoms with Crippen molar-refractivity contribution in [1.29, 1.82) is 0 Å². The van der Waals surface area contributed by atoms with Crippen molar-refractivity contribution in [3.8, 4) is 0 Å². The molecular formula is C15H21N3O3. The third-order valence-electron chi connectivity index (χ3n) is 3.69. The van der Waals surface area contributed by atoms with Crippen LogP contribution in [0.3, 0.4) is 0 Å². The van der Waals surface area contributed by atoms with Gasteiger partial charge in [0.2, 0.25) is 5.91 Å². The Labute approximate surface area is 124 Å². The zero-order valence-electron chi connectivity index (χ0n) is 12.1. The van der Waals surface area contributed by atoms with Crippen molar-refractivity contribution < 1.29 is 9.72 Å². The van der Waals surface area contributed by atoms with Gasteiger partial charge in [-0.25, -0.2) is 0 Å². The molecule has 1 aliphatic rings. The zero-order chi connectivity index (χ0) is 15.1. The van der Waals surface area contributed by atoms with E-state index in [1.54, 1.807) is 18.2 Å². The number of amides is 1. The van der Waals surface area contributed by atoms with Crippen molar-refractivity contribution in [2.45, 2.75) is 32.1 Å². The number of carbonyl (C=O) groups is 1. The first kappa shape index (κ1) is 15.4. The standard InChI is InChI=1S/C15H21N3O3/c19-15(12-17-10-6-2-1-3-7-11-17)16-13-8-4-5-9-14(13)18(20)21/h4-5,8-9H,1-3,6-7,10-12H2,(H,16,19). The largest absolute Gasteiger partial charge is 0.319 e. The van der Waals surface area contributed by atoms with Gasteiger partial charge in [0.1, 0.15) is 5.69 Å². The number of carbonyl (C=O) groups excluding carboxylic acids is 1. The van der Waals surface area contributed by atoms with Crippen LogP contribution in [0, 0.1) is 10.1 Å². The van der Waals surface area contributed by atoms with Crippen LogP contribution in [-0.2, 0) is 4.79 Å². The number of nitro benzene ring substituents is 1. The number of rotatable bonds is 4. The Hall–Kier alpha value is -1.95. The van der Waals surface area contributed by atoms with Gasteiger partial charge in [-0.05, 0) is 32.0 Å². The Bertz CT molecular complexity index is 497. The molecule has 1 amide bonds. The fraction of sp³-hybridized carbons (Fsp3) is 0.533. The minimum atomic E-state index is -0.480. The van der Waals surface area contributed by atoms with Crippen LogP contribution in [0.15, 0.2) is 24.3 Å². The van der Waals surface area contributed by atoms with Gasteiger partial charge in [-0.1, -0.05) is 31.4 Å². The Morgan fingerprint density at radius 2 is 1.76 bits per heavy atom. The van der Waals surface area contributed by atoms with Gasteiger partial charge in [0.25, 0.3) is 5.69 Å². The van der Waals surface area contributed by atoms with Gasteiger partial charge in [0.05, 0.1) is 11.5 Å². The van der Waals surface area contributed by atoms with E-state index in [2.05, 4.69) is 10.2 Å². The average molecular weight is 291 g/mol. The summed E-state index contributed by atoms with van der Waals surface area (Å²) >= 11 is 0. The molecule has 1 aromatic rings. The van der Waals surface area contributed by atoms with Gasteiger partial charge in [-0.15, -0.1) is 0 Å². The highest BCUT2D eigenvalue weighted by atomic mass is 16.6. The van der Waals surface area contributed by atoms with Crippen LogP contribution in [0.2, 0.25) is 0 Å². The summed E-state index contributed by atoms with van der Waals surface area (Å²) in [6.45, 7) is 2.14. The van der Waals surface area contributed by atoms with E-state index >= 15 is 0 Å². The first-order valence-electron chi connectivity index (χ1n) is 7.42. The molecule has 6 nitrogen and oxygen atoms in total. The van der Waals surface area contributed by atoms with E-state index in [-0.39, 0.29) is 17.3 Å². The number of nitrogens with zero attached hydrogens (tertiary/aromatic N) is 2. The molecule has 1 heterocycles. The number of nitro groups is 1. The maximum absolute atomic E-state index is 12.1. The summed E-state index contributed by atoms with van der Waals surface area (Å²) in [6, 6.07) is 6.22. The molecule has 0 unspecified atom stereocenters. The van der Waals surface area contributed by atoms with Gasteiger partial charge in [-0.2, -0.15) is 0 Å². The minimum Gasteiger partial charge on any atom is -0.319 e. The van der Waals surface area contributed by atoms with E-state index in [1.165, 1.54) is 25.3 Å². The number of nitrogens with one attached hydrogen (secondary N) is 1. The van der Waals surface area contributed by atoms with E-state index in [1.807, 2.05) is 0 Å². The highest BCUT2D eigenvalue weighted by Gasteiger charge is 2.17. The van der Waals surface area contributed by atoms with Gasteiger partial charge < -0.3 is 5.32 Å². The Balaban J connectivity index is 1.93. The quantitative estimate of drug-likeness (QED) is 0.683. The van der Waals surface area contributed by atoms with E-state index < -0.39 is 4.92 Å². The summed E-state index contributed by atoms with van der Waals surface area (Å²) in [5, 5.41) is 13.6. The molecule has 0 aliphatic carbocycles. The second-order valence-electron chi connectivity index (χ2n) is 5.37. The van der Waals surface area contributed by atoms with Crippen LogP contribution >= 0.6 is 0 Å². The summed E-state index contributed by atoms with van der Waals surface area (Å²) in [4.78, 5) is 24.6. The number of para-hydroxylation sites is 2. The van der Waals surface area contributed by atoms with Crippen molar-refractivity contribution in [3.05, 3.63) is 34.4 Å². The smallest absolute Gasteiger partial charge is 0.292 e. The van der Waals surface area contributed by atoms with E-state index in [4.69, 9.17) is 0 Å². The second-order valence-corrected chi connectivity index (χ2v) is 5.37. The van der Waals surface area contributed by atoms with Crippen LogP contribution in [0.25, 0.3) is 0 Å². The Morgan fingerprint density at radius 3 is 2.43 bits per heavy atom. The van der Waals surface area contributed by atoms with E-state index in [9.17, 15) is 14.9 Å². The average Bonchev–Trinajstić information content (AvgIpc) is 2.42. The van der Waals surface area contributed by atoms with Gasteiger partial charge in [-0.3, -0.25) is 19.8 Å².